The molecular formula is C22H23F3N2O. The highest BCUT2D eigenvalue weighted by Gasteiger charge is 2.37. The molecule has 6 heteroatoms. The summed E-state index contributed by atoms with van der Waals surface area (Å²) in [5, 5.41) is 0.0663. The van der Waals surface area contributed by atoms with E-state index >= 15 is 0 Å². The van der Waals surface area contributed by atoms with Crippen LogP contribution in [0.1, 0.15) is 27.8 Å². The summed E-state index contributed by atoms with van der Waals surface area (Å²) >= 11 is 0. The third-order valence-electron chi connectivity index (χ3n) is 4.80. The van der Waals surface area contributed by atoms with Gasteiger partial charge in [-0.05, 0) is 44.3 Å². The van der Waals surface area contributed by atoms with Crippen molar-refractivity contribution in [2.24, 2.45) is 7.05 Å². The van der Waals surface area contributed by atoms with Crippen LogP contribution in [-0.2, 0) is 26.2 Å². The van der Waals surface area contributed by atoms with Crippen LogP contribution in [0.15, 0.2) is 47.3 Å². The molecule has 3 aromatic rings. The normalized spacial score (nSPS) is 12.1. The third-order valence-corrected chi connectivity index (χ3v) is 4.80. The minimum Gasteiger partial charge on any atom is -0.311 e. The van der Waals surface area contributed by atoms with Gasteiger partial charge >= 0.3 is 6.18 Å². The molecule has 148 valence electrons. The largest absolute Gasteiger partial charge is 0.417 e. The van der Waals surface area contributed by atoms with E-state index in [1.807, 2.05) is 38.1 Å². The maximum atomic E-state index is 14.1. The monoisotopic (exact) mass is 388 g/mol. The van der Waals surface area contributed by atoms with Gasteiger partial charge in [0.2, 0.25) is 0 Å². The fraction of sp³-hybridized carbons (Fsp3) is 0.318. The van der Waals surface area contributed by atoms with Gasteiger partial charge in [0.05, 0.1) is 11.1 Å². The molecule has 3 rings (SSSR count). The topological polar surface area (TPSA) is 25.2 Å². The second-order valence-corrected chi connectivity index (χ2v) is 7.47. The standard InChI is InChI=1S/C22H23F3N2O/c1-14-6-5-7-15(10-14)11-18-20(22(23,24)25)17-12-16(13-26(2)3)8-9-19(17)27(4)21(18)28/h5-10,12H,11,13H2,1-4H3. The summed E-state index contributed by atoms with van der Waals surface area (Å²) in [5.41, 5.74) is 1.03. The van der Waals surface area contributed by atoms with Gasteiger partial charge in [-0.2, -0.15) is 13.2 Å². The molecule has 1 aromatic heterocycles. The lowest BCUT2D eigenvalue weighted by Gasteiger charge is -2.19. The van der Waals surface area contributed by atoms with Gasteiger partial charge in [0.1, 0.15) is 0 Å². The number of aromatic nitrogens is 1. The third kappa shape index (κ3) is 3.97. The summed E-state index contributed by atoms with van der Waals surface area (Å²) < 4.78 is 43.6. The van der Waals surface area contributed by atoms with Crippen molar-refractivity contribution in [2.75, 3.05) is 14.1 Å². The molecule has 0 aliphatic heterocycles. The number of hydrogen-bond donors (Lipinski definition) is 0. The Labute approximate surface area is 162 Å². The van der Waals surface area contributed by atoms with Crippen LogP contribution in [0.5, 0.6) is 0 Å². The molecule has 28 heavy (non-hydrogen) atoms. The number of aryl methyl sites for hydroxylation is 2. The zero-order valence-electron chi connectivity index (χ0n) is 16.4. The molecule has 0 fully saturated rings. The highest BCUT2D eigenvalue weighted by Crippen LogP contribution is 2.37. The number of fused-ring (bicyclic) bond motifs is 1. The van der Waals surface area contributed by atoms with Crippen molar-refractivity contribution in [1.82, 2.24) is 9.47 Å². The Kier molecular flexibility index (Phi) is 5.35. The maximum Gasteiger partial charge on any atom is 0.417 e. The summed E-state index contributed by atoms with van der Waals surface area (Å²) in [6.45, 7) is 2.39. The number of rotatable bonds is 4. The summed E-state index contributed by atoms with van der Waals surface area (Å²) in [7, 11) is 5.24. The van der Waals surface area contributed by atoms with E-state index in [1.165, 1.54) is 11.6 Å². The van der Waals surface area contributed by atoms with E-state index < -0.39 is 17.3 Å². The lowest BCUT2D eigenvalue weighted by atomic mass is 9.95. The fourth-order valence-corrected chi connectivity index (χ4v) is 3.63. The van der Waals surface area contributed by atoms with Gasteiger partial charge in [0.15, 0.2) is 0 Å². The zero-order valence-corrected chi connectivity index (χ0v) is 16.4. The van der Waals surface area contributed by atoms with E-state index in [2.05, 4.69) is 0 Å². The first kappa shape index (κ1) is 20.1. The Bertz CT molecular complexity index is 1080. The van der Waals surface area contributed by atoms with Crippen LogP contribution in [0.4, 0.5) is 13.2 Å². The van der Waals surface area contributed by atoms with E-state index in [0.717, 1.165) is 11.1 Å². The number of halogens is 3. The molecule has 0 saturated heterocycles. The molecule has 0 aliphatic rings. The number of alkyl halides is 3. The summed E-state index contributed by atoms with van der Waals surface area (Å²) in [4.78, 5) is 14.7. The fourth-order valence-electron chi connectivity index (χ4n) is 3.63. The molecule has 0 spiro atoms. The van der Waals surface area contributed by atoms with Crippen LogP contribution in [0.3, 0.4) is 0 Å². The first-order valence-corrected chi connectivity index (χ1v) is 9.00. The van der Waals surface area contributed by atoms with E-state index in [4.69, 9.17) is 0 Å². The number of pyridine rings is 1. The molecule has 0 bridgehead atoms. The summed E-state index contributed by atoms with van der Waals surface area (Å²) in [6.07, 6.45) is -4.68. The summed E-state index contributed by atoms with van der Waals surface area (Å²) in [5.74, 6) is 0. The molecule has 0 radical (unpaired) electrons. The van der Waals surface area contributed by atoms with Gasteiger partial charge in [-0.3, -0.25) is 4.79 Å². The number of benzene rings is 2. The number of hydrogen-bond acceptors (Lipinski definition) is 2. The van der Waals surface area contributed by atoms with Crippen molar-refractivity contribution < 1.29 is 13.2 Å². The van der Waals surface area contributed by atoms with Gasteiger partial charge in [0.25, 0.3) is 5.56 Å². The molecule has 0 unspecified atom stereocenters. The highest BCUT2D eigenvalue weighted by molar-refractivity contribution is 5.85. The summed E-state index contributed by atoms with van der Waals surface area (Å²) in [6, 6.07) is 12.1. The average molecular weight is 388 g/mol. The molecule has 0 amide bonds. The lowest BCUT2D eigenvalue weighted by molar-refractivity contribution is -0.137. The Morgan fingerprint density at radius 2 is 1.75 bits per heavy atom. The van der Waals surface area contributed by atoms with Crippen molar-refractivity contribution in [3.05, 3.63) is 80.6 Å². The molecule has 0 atom stereocenters. The van der Waals surface area contributed by atoms with E-state index in [-0.39, 0.29) is 22.9 Å². The van der Waals surface area contributed by atoms with E-state index in [0.29, 0.717) is 12.1 Å². The predicted molar refractivity (Wildman–Crippen MR) is 106 cm³/mol. The molecule has 2 aromatic carbocycles. The first-order chi connectivity index (χ1) is 13.1. The molecule has 3 nitrogen and oxygen atoms in total. The first-order valence-electron chi connectivity index (χ1n) is 9.00. The predicted octanol–water partition coefficient (Wildman–Crippen LogP) is 4.52. The lowest BCUT2D eigenvalue weighted by Crippen LogP contribution is -2.27. The molecule has 0 saturated carbocycles. The van der Waals surface area contributed by atoms with Crippen LogP contribution in [0.2, 0.25) is 0 Å². The molecule has 0 aliphatic carbocycles. The Hall–Kier alpha value is -2.60. The Morgan fingerprint density at radius 3 is 2.36 bits per heavy atom. The number of nitrogens with zero attached hydrogens (tertiary/aromatic N) is 2. The van der Waals surface area contributed by atoms with E-state index in [1.54, 1.807) is 30.3 Å². The highest BCUT2D eigenvalue weighted by atomic mass is 19.4. The van der Waals surface area contributed by atoms with Crippen LogP contribution in [-0.4, -0.2) is 23.6 Å². The van der Waals surface area contributed by atoms with Crippen LogP contribution >= 0.6 is 0 Å². The maximum absolute atomic E-state index is 14.1. The van der Waals surface area contributed by atoms with Crippen molar-refractivity contribution in [3.63, 3.8) is 0 Å². The Morgan fingerprint density at radius 1 is 1.04 bits per heavy atom. The molecule has 1 heterocycles. The molecule has 0 N–H and O–H groups in total. The SMILES string of the molecule is Cc1cccc(Cc2c(C(F)(F)F)c3cc(CN(C)C)ccc3n(C)c2=O)c1. The van der Waals surface area contributed by atoms with Crippen LogP contribution in [0.25, 0.3) is 10.9 Å². The van der Waals surface area contributed by atoms with Crippen molar-refractivity contribution in [2.45, 2.75) is 26.1 Å². The van der Waals surface area contributed by atoms with Crippen LogP contribution < -0.4 is 5.56 Å². The van der Waals surface area contributed by atoms with Crippen molar-refractivity contribution in [1.29, 1.82) is 0 Å². The van der Waals surface area contributed by atoms with E-state index in [9.17, 15) is 18.0 Å². The van der Waals surface area contributed by atoms with Gasteiger partial charge in [-0.1, -0.05) is 35.9 Å². The van der Waals surface area contributed by atoms with Crippen molar-refractivity contribution >= 4 is 10.9 Å². The smallest absolute Gasteiger partial charge is 0.311 e. The van der Waals surface area contributed by atoms with Gasteiger partial charge in [-0.25, -0.2) is 0 Å². The van der Waals surface area contributed by atoms with Gasteiger partial charge in [0, 0.05) is 31.0 Å². The van der Waals surface area contributed by atoms with Gasteiger partial charge < -0.3 is 9.47 Å². The zero-order chi connectivity index (χ0) is 20.6. The van der Waals surface area contributed by atoms with Gasteiger partial charge in [-0.15, -0.1) is 0 Å². The van der Waals surface area contributed by atoms with Crippen LogP contribution in [0, 0.1) is 6.92 Å². The van der Waals surface area contributed by atoms with Crippen molar-refractivity contribution in [3.8, 4) is 0 Å². The minimum absolute atomic E-state index is 0.0585. The minimum atomic E-state index is -4.62. The Balaban J connectivity index is 2.32. The second-order valence-electron chi connectivity index (χ2n) is 7.47. The molecular weight excluding hydrogens is 365 g/mol. The second kappa shape index (κ2) is 7.43. The average Bonchev–Trinajstić information content (AvgIpc) is 2.58. The quantitative estimate of drug-likeness (QED) is 0.657.